The lowest BCUT2D eigenvalue weighted by Crippen LogP contribution is -2.60. The lowest BCUT2D eigenvalue weighted by molar-refractivity contribution is -0.132. The second-order valence-electron chi connectivity index (χ2n) is 5.72. The van der Waals surface area contributed by atoms with Crippen LogP contribution in [0.1, 0.15) is 12.5 Å². The van der Waals surface area contributed by atoms with Crippen LogP contribution in [-0.4, -0.2) is 64.5 Å². The summed E-state index contributed by atoms with van der Waals surface area (Å²) in [6, 6.07) is 5.66. The van der Waals surface area contributed by atoms with E-state index >= 15 is 0 Å². The molecule has 0 unspecified atom stereocenters. The highest BCUT2D eigenvalue weighted by Crippen LogP contribution is 2.32. The lowest BCUT2D eigenvalue weighted by Gasteiger charge is -2.42. The van der Waals surface area contributed by atoms with Gasteiger partial charge in [0.05, 0.1) is 12.2 Å². The molecule has 116 valence electrons. The van der Waals surface area contributed by atoms with Crippen LogP contribution in [0, 0.1) is 0 Å². The van der Waals surface area contributed by atoms with Crippen LogP contribution in [0.4, 0.5) is 0 Å². The van der Waals surface area contributed by atoms with Gasteiger partial charge < -0.3 is 24.8 Å². The van der Waals surface area contributed by atoms with Gasteiger partial charge in [-0.25, -0.2) is 0 Å². The molecule has 0 amide bonds. The van der Waals surface area contributed by atoms with Crippen LogP contribution >= 0.6 is 0 Å². The number of β-amino-alcohol motifs (C(OH)–C–C–N with tert-alkyl or cyclic N) is 1. The topological polar surface area (TPSA) is 82.4 Å². The smallest absolute Gasteiger partial charge is 0.231 e. The molecular formula is C15H21NO5. The monoisotopic (exact) mass is 295 g/mol. The van der Waals surface area contributed by atoms with E-state index in [-0.39, 0.29) is 12.8 Å². The van der Waals surface area contributed by atoms with Crippen molar-refractivity contribution in [3.8, 4) is 11.5 Å². The number of likely N-dealkylation sites (tertiary alicyclic amines) is 1. The normalized spacial score (nSPS) is 32.4. The molecular weight excluding hydrogens is 274 g/mol. The van der Waals surface area contributed by atoms with Gasteiger partial charge in [-0.1, -0.05) is 6.07 Å². The summed E-state index contributed by atoms with van der Waals surface area (Å²) in [5.41, 5.74) is 1.11. The number of nitrogens with zero attached hydrogens (tertiary/aromatic N) is 1. The molecule has 6 nitrogen and oxygen atoms in total. The Balaban J connectivity index is 1.62. The van der Waals surface area contributed by atoms with Gasteiger partial charge in [-0.3, -0.25) is 4.90 Å². The fourth-order valence-corrected chi connectivity index (χ4v) is 2.91. The molecule has 0 saturated carbocycles. The Bertz CT molecular complexity index is 509. The van der Waals surface area contributed by atoms with Crippen LogP contribution in [0.15, 0.2) is 18.2 Å². The van der Waals surface area contributed by atoms with Gasteiger partial charge >= 0.3 is 0 Å². The molecule has 4 atom stereocenters. The minimum Gasteiger partial charge on any atom is -0.454 e. The van der Waals surface area contributed by atoms with E-state index in [0.717, 1.165) is 23.5 Å². The van der Waals surface area contributed by atoms with E-state index in [1.54, 1.807) is 0 Å². The summed E-state index contributed by atoms with van der Waals surface area (Å²) in [5.74, 6) is 1.52. The molecule has 3 rings (SSSR count). The van der Waals surface area contributed by atoms with Crippen LogP contribution < -0.4 is 9.47 Å². The third-order valence-electron chi connectivity index (χ3n) is 4.36. The molecule has 6 heteroatoms. The first-order valence-corrected chi connectivity index (χ1v) is 7.23. The predicted molar refractivity (Wildman–Crippen MR) is 75.3 cm³/mol. The number of aliphatic hydroxyl groups is 3. The number of aliphatic hydroxyl groups excluding tert-OH is 3. The Labute approximate surface area is 123 Å². The Hall–Kier alpha value is -1.34. The highest BCUT2D eigenvalue weighted by atomic mass is 16.7. The number of piperidine rings is 1. The Morgan fingerprint density at radius 3 is 2.71 bits per heavy atom. The Morgan fingerprint density at radius 2 is 1.90 bits per heavy atom. The van der Waals surface area contributed by atoms with Crippen molar-refractivity contribution in [2.45, 2.75) is 37.7 Å². The molecule has 0 aliphatic carbocycles. The van der Waals surface area contributed by atoms with E-state index in [2.05, 4.69) is 0 Å². The first-order valence-electron chi connectivity index (χ1n) is 7.23. The van der Waals surface area contributed by atoms with Crippen molar-refractivity contribution in [3.05, 3.63) is 23.8 Å². The standard InChI is InChI=1S/C15H21NO5/c1-9-14(18)15(19)11(17)7-16(9)5-4-10-2-3-12-13(6-10)21-8-20-12/h2-3,6,9,11,14-15,17-19H,4-5,7-8H2,1H3/t9-,11+,14-,15-/m1/s1. The molecule has 2 heterocycles. The number of fused-ring (bicyclic) bond motifs is 1. The molecule has 3 N–H and O–H groups in total. The summed E-state index contributed by atoms with van der Waals surface area (Å²) in [4.78, 5) is 1.99. The molecule has 0 radical (unpaired) electrons. The molecule has 1 aromatic rings. The average Bonchev–Trinajstić information content (AvgIpc) is 2.95. The molecule has 0 bridgehead atoms. The zero-order valence-electron chi connectivity index (χ0n) is 12.0. The van der Waals surface area contributed by atoms with Crippen molar-refractivity contribution >= 4 is 0 Å². The molecule has 1 aromatic carbocycles. The van der Waals surface area contributed by atoms with Gasteiger partial charge in [-0.15, -0.1) is 0 Å². The molecule has 0 aromatic heterocycles. The van der Waals surface area contributed by atoms with E-state index in [0.29, 0.717) is 13.1 Å². The van der Waals surface area contributed by atoms with Crippen molar-refractivity contribution in [1.29, 1.82) is 0 Å². The van der Waals surface area contributed by atoms with Crippen LogP contribution in [0.5, 0.6) is 11.5 Å². The van der Waals surface area contributed by atoms with Crippen molar-refractivity contribution in [1.82, 2.24) is 4.90 Å². The van der Waals surface area contributed by atoms with E-state index < -0.39 is 18.3 Å². The van der Waals surface area contributed by atoms with Crippen LogP contribution in [0.3, 0.4) is 0 Å². The van der Waals surface area contributed by atoms with Crippen LogP contribution in [0.25, 0.3) is 0 Å². The SMILES string of the molecule is C[C@@H]1[C@@H](O)[C@H](O)[C@@H](O)CN1CCc1ccc2c(c1)OCO2. The second kappa shape index (κ2) is 5.81. The predicted octanol–water partition coefficient (Wildman–Crippen LogP) is -0.255. The first kappa shape index (κ1) is 14.6. The second-order valence-corrected chi connectivity index (χ2v) is 5.72. The van der Waals surface area contributed by atoms with Gasteiger partial charge in [0, 0.05) is 19.1 Å². The van der Waals surface area contributed by atoms with Crippen molar-refractivity contribution in [2.24, 2.45) is 0 Å². The Morgan fingerprint density at radius 1 is 1.14 bits per heavy atom. The zero-order valence-corrected chi connectivity index (χ0v) is 12.0. The Kier molecular flexibility index (Phi) is 4.03. The van der Waals surface area contributed by atoms with Gasteiger partial charge in [-0.2, -0.15) is 0 Å². The summed E-state index contributed by atoms with van der Waals surface area (Å²) >= 11 is 0. The lowest BCUT2D eigenvalue weighted by atomic mass is 9.94. The fourth-order valence-electron chi connectivity index (χ4n) is 2.91. The summed E-state index contributed by atoms with van der Waals surface area (Å²) in [6.45, 7) is 3.18. The average molecular weight is 295 g/mol. The van der Waals surface area contributed by atoms with E-state index in [1.807, 2.05) is 30.0 Å². The largest absolute Gasteiger partial charge is 0.454 e. The minimum atomic E-state index is -1.07. The maximum absolute atomic E-state index is 9.92. The molecule has 0 spiro atoms. The molecule has 1 fully saturated rings. The highest BCUT2D eigenvalue weighted by molar-refractivity contribution is 5.44. The molecule has 21 heavy (non-hydrogen) atoms. The summed E-state index contributed by atoms with van der Waals surface area (Å²) in [7, 11) is 0. The fraction of sp³-hybridized carbons (Fsp3) is 0.600. The first-order chi connectivity index (χ1) is 10.1. The summed E-state index contributed by atoms with van der Waals surface area (Å²) in [6.07, 6.45) is -2.13. The quantitative estimate of drug-likeness (QED) is 0.713. The number of benzene rings is 1. The van der Waals surface area contributed by atoms with Crippen molar-refractivity contribution in [2.75, 3.05) is 19.9 Å². The third kappa shape index (κ3) is 2.85. The number of hydrogen-bond acceptors (Lipinski definition) is 6. The van der Waals surface area contributed by atoms with Crippen LogP contribution in [0.2, 0.25) is 0 Å². The van der Waals surface area contributed by atoms with Gasteiger partial charge in [-0.05, 0) is 31.0 Å². The molecule has 2 aliphatic rings. The van der Waals surface area contributed by atoms with Crippen LogP contribution in [-0.2, 0) is 6.42 Å². The van der Waals surface area contributed by atoms with Gasteiger partial charge in [0.1, 0.15) is 6.10 Å². The molecule has 2 aliphatic heterocycles. The number of rotatable bonds is 3. The molecule has 1 saturated heterocycles. The minimum absolute atomic E-state index is 0.183. The van der Waals surface area contributed by atoms with Crippen molar-refractivity contribution in [3.63, 3.8) is 0 Å². The van der Waals surface area contributed by atoms with E-state index in [4.69, 9.17) is 9.47 Å². The maximum Gasteiger partial charge on any atom is 0.231 e. The van der Waals surface area contributed by atoms with Gasteiger partial charge in [0.25, 0.3) is 0 Å². The van der Waals surface area contributed by atoms with Gasteiger partial charge in [0.15, 0.2) is 11.5 Å². The zero-order chi connectivity index (χ0) is 15.0. The third-order valence-corrected chi connectivity index (χ3v) is 4.36. The maximum atomic E-state index is 9.92. The number of ether oxygens (including phenoxy) is 2. The van der Waals surface area contributed by atoms with Gasteiger partial charge in [0.2, 0.25) is 6.79 Å². The summed E-state index contributed by atoms with van der Waals surface area (Å²) < 4.78 is 10.6. The number of hydrogen-bond donors (Lipinski definition) is 3. The highest BCUT2D eigenvalue weighted by Gasteiger charge is 2.38. The van der Waals surface area contributed by atoms with Crippen molar-refractivity contribution < 1.29 is 24.8 Å². The van der Waals surface area contributed by atoms with E-state index in [9.17, 15) is 15.3 Å². The van der Waals surface area contributed by atoms with E-state index in [1.165, 1.54) is 0 Å². The summed E-state index contributed by atoms with van der Waals surface area (Å²) in [5, 5.41) is 29.4.